The van der Waals surface area contributed by atoms with Crippen LogP contribution in [-0.2, 0) is 6.54 Å². The van der Waals surface area contributed by atoms with E-state index in [0.717, 1.165) is 18.8 Å². The molecule has 3 nitrogen and oxygen atoms in total. The number of methoxy groups -OCH3 is 1. The molecule has 0 aromatic heterocycles. The summed E-state index contributed by atoms with van der Waals surface area (Å²) in [5.74, 6) is 1.54. The SMILES string of the molecule is COc1ccc(C(C)C)cc1CNCC1CCCN1. The molecular formula is C16H26N2O. The zero-order valence-electron chi connectivity index (χ0n) is 12.3. The van der Waals surface area contributed by atoms with Gasteiger partial charge in [-0.25, -0.2) is 0 Å². The highest BCUT2D eigenvalue weighted by Gasteiger charge is 2.13. The maximum Gasteiger partial charge on any atom is 0.123 e. The molecule has 1 saturated heterocycles. The van der Waals surface area contributed by atoms with Gasteiger partial charge in [0.25, 0.3) is 0 Å². The van der Waals surface area contributed by atoms with Crippen LogP contribution in [0.3, 0.4) is 0 Å². The Bertz CT molecular complexity index is 398. The van der Waals surface area contributed by atoms with Gasteiger partial charge in [-0.1, -0.05) is 26.0 Å². The highest BCUT2D eigenvalue weighted by molar-refractivity contribution is 5.38. The van der Waals surface area contributed by atoms with E-state index >= 15 is 0 Å². The van der Waals surface area contributed by atoms with Crippen LogP contribution in [0.1, 0.15) is 43.7 Å². The van der Waals surface area contributed by atoms with E-state index in [-0.39, 0.29) is 0 Å². The lowest BCUT2D eigenvalue weighted by molar-refractivity contribution is 0.406. The predicted molar refractivity (Wildman–Crippen MR) is 79.8 cm³/mol. The lowest BCUT2D eigenvalue weighted by atomic mass is 10.00. The summed E-state index contributed by atoms with van der Waals surface area (Å²) in [5.41, 5.74) is 2.63. The molecule has 1 unspecified atom stereocenters. The Labute approximate surface area is 116 Å². The molecule has 1 aromatic rings. The van der Waals surface area contributed by atoms with Crippen LogP contribution in [0.15, 0.2) is 18.2 Å². The molecule has 0 radical (unpaired) electrons. The first kappa shape index (κ1) is 14.4. The Balaban J connectivity index is 1.94. The average Bonchev–Trinajstić information content (AvgIpc) is 2.91. The molecule has 0 amide bonds. The summed E-state index contributed by atoms with van der Waals surface area (Å²) in [6, 6.07) is 7.14. The minimum absolute atomic E-state index is 0.557. The van der Waals surface area contributed by atoms with Gasteiger partial charge in [0.2, 0.25) is 0 Å². The summed E-state index contributed by atoms with van der Waals surface area (Å²) in [6.45, 7) is 7.53. The van der Waals surface area contributed by atoms with Crippen molar-refractivity contribution >= 4 is 0 Å². The van der Waals surface area contributed by atoms with Crippen molar-refractivity contribution in [2.75, 3.05) is 20.2 Å². The molecule has 1 aliphatic heterocycles. The maximum absolute atomic E-state index is 5.45. The quantitative estimate of drug-likeness (QED) is 0.827. The van der Waals surface area contributed by atoms with Crippen molar-refractivity contribution in [2.24, 2.45) is 0 Å². The summed E-state index contributed by atoms with van der Waals surface area (Å²) in [5, 5.41) is 7.05. The second-order valence-corrected chi connectivity index (χ2v) is 5.65. The molecule has 2 N–H and O–H groups in total. The third kappa shape index (κ3) is 3.95. The van der Waals surface area contributed by atoms with Gasteiger partial charge >= 0.3 is 0 Å². The van der Waals surface area contributed by atoms with Crippen molar-refractivity contribution < 1.29 is 4.74 Å². The molecule has 1 aromatic carbocycles. The van der Waals surface area contributed by atoms with Crippen LogP contribution in [0.4, 0.5) is 0 Å². The van der Waals surface area contributed by atoms with E-state index in [2.05, 4.69) is 42.7 Å². The molecule has 2 rings (SSSR count). The summed E-state index contributed by atoms with van der Waals surface area (Å²) in [7, 11) is 1.74. The number of hydrogen-bond acceptors (Lipinski definition) is 3. The van der Waals surface area contributed by atoms with Crippen molar-refractivity contribution in [1.82, 2.24) is 10.6 Å². The molecule has 0 bridgehead atoms. The maximum atomic E-state index is 5.45. The summed E-state index contributed by atoms with van der Waals surface area (Å²) in [6.07, 6.45) is 2.59. The van der Waals surface area contributed by atoms with Crippen molar-refractivity contribution in [3.8, 4) is 5.75 Å². The molecule has 0 saturated carbocycles. The smallest absolute Gasteiger partial charge is 0.123 e. The molecule has 1 heterocycles. The van der Waals surface area contributed by atoms with Crippen LogP contribution in [0, 0.1) is 0 Å². The van der Waals surface area contributed by atoms with Gasteiger partial charge in [0.05, 0.1) is 7.11 Å². The Morgan fingerprint density at radius 1 is 1.42 bits per heavy atom. The topological polar surface area (TPSA) is 33.3 Å². The fourth-order valence-corrected chi connectivity index (χ4v) is 2.61. The molecule has 1 aliphatic rings. The zero-order valence-corrected chi connectivity index (χ0v) is 12.3. The van der Waals surface area contributed by atoms with Crippen LogP contribution in [0.2, 0.25) is 0 Å². The summed E-state index contributed by atoms with van der Waals surface area (Å²) >= 11 is 0. The number of ether oxygens (including phenoxy) is 1. The van der Waals surface area contributed by atoms with Gasteiger partial charge in [-0.15, -0.1) is 0 Å². The fraction of sp³-hybridized carbons (Fsp3) is 0.625. The van der Waals surface area contributed by atoms with Gasteiger partial charge in [-0.2, -0.15) is 0 Å². The van der Waals surface area contributed by atoms with Crippen LogP contribution >= 0.6 is 0 Å². The summed E-state index contributed by atoms with van der Waals surface area (Å²) < 4.78 is 5.45. The van der Waals surface area contributed by atoms with Crippen molar-refractivity contribution in [3.63, 3.8) is 0 Å². The number of nitrogens with one attached hydrogen (secondary N) is 2. The second kappa shape index (κ2) is 6.92. The van der Waals surface area contributed by atoms with Crippen molar-refractivity contribution in [1.29, 1.82) is 0 Å². The van der Waals surface area contributed by atoms with Gasteiger partial charge in [-0.05, 0) is 36.9 Å². The third-order valence-corrected chi connectivity index (χ3v) is 3.84. The van der Waals surface area contributed by atoms with Gasteiger partial charge in [0.1, 0.15) is 5.75 Å². The Hall–Kier alpha value is -1.06. The van der Waals surface area contributed by atoms with Gasteiger partial charge in [-0.3, -0.25) is 0 Å². The van der Waals surface area contributed by atoms with Crippen LogP contribution in [0.25, 0.3) is 0 Å². The Morgan fingerprint density at radius 2 is 2.26 bits per heavy atom. The fourth-order valence-electron chi connectivity index (χ4n) is 2.61. The first-order chi connectivity index (χ1) is 9.20. The van der Waals surface area contributed by atoms with E-state index in [4.69, 9.17) is 4.74 Å². The van der Waals surface area contributed by atoms with E-state index in [9.17, 15) is 0 Å². The second-order valence-electron chi connectivity index (χ2n) is 5.65. The molecular weight excluding hydrogens is 236 g/mol. The lowest BCUT2D eigenvalue weighted by Gasteiger charge is -2.15. The normalized spacial score (nSPS) is 19.1. The monoisotopic (exact) mass is 262 g/mol. The lowest BCUT2D eigenvalue weighted by Crippen LogP contribution is -2.33. The minimum Gasteiger partial charge on any atom is -0.496 e. The van der Waals surface area contributed by atoms with Gasteiger partial charge < -0.3 is 15.4 Å². The van der Waals surface area contributed by atoms with E-state index in [0.29, 0.717) is 12.0 Å². The van der Waals surface area contributed by atoms with E-state index < -0.39 is 0 Å². The average molecular weight is 262 g/mol. The first-order valence-corrected chi connectivity index (χ1v) is 7.31. The first-order valence-electron chi connectivity index (χ1n) is 7.31. The van der Waals surface area contributed by atoms with Crippen LogP contribution in [0.5, 0.6) is 5.75 Å². The molecule has 0 aliphatic carbocycles. The van der Waals surface area contributed by atoms with E-state index in [1.165, 1.54) is 30.5 Å². The molecule has 1 atom stereocenters. The van der Waals surface area contributed by atoms with E-state index in [1.54, 1.807) is 7.11 Å². The number of rotatable bonds is 6. The summed E-state index contributed by atoms with van der Waals surface area (Å²) in [4.78, 5) is 0. The Morgan fingerprint density at radius 3 is 2.89 bits per heavy atom. The third-order valence-electron chi connectivity index (χ3n) is 3.84. The Kier molecular flexibility index (Phi) is 5.23. The zero-order chi connectivity index (χ0) is 13.7. The highest BCUT2D eigenvalue weighted by Crippen LogP contribution is 2.24. The molecule has 19 heavy (non-hydrogen) atoms. The minimum atomic E-state index is 0.557. The standard InChI is InChI=1S/C16H26N2O/c1-12(2)13-6-7-16(19-3)14(9-13)10-17-11-15-5-4-8-18-15/h6-7,9,12,15,17-18H,4-5,8,10-11H2,1-3H3. The largest absolute Gasteiger partial charge is 0.496 e. The molecule has 0 spiro atoms. The van der Waals surface area contributed by atoms with Crippen molar-refractivity contribution in [3.05, 3.63) is 29.3 Å². The van der Waals surface area contributed by atoms with Crippen molar-refractivity contribution in [2.45, 2.75) is 45.2 Å². The highest BCUT2D eigenvalue weighted by atomic mass is 16.5. The number of hydrogen-bond donors (Lipinski definition) is 2. The van der Waals surface area contributed by atoms with Gasteiger partial charge in [0.15, 0.2) is 0 Å². The molecule has 3 heteroatoms. The number of benzene rings is 1. The molecule has 1 fully saturated rings. The van der Waals surface area contributed by atoms with E-state index in [1.807, 2.05) is 0 Å². The molecule has 106 valence electrons. The van der Waals surface area contributed by atoms with Gasteiger partial charge in [0, 0.05) is 24.7 Å². The van der Waals surface area contributed by atoms with Crippen LogP contribution < -0.4 is 15.4 Å². The predicted octanol–water partition coefficient (Wildman–Crippen LogP) is 2.66. The van der Waals surface area contributed by atoms with Crippen LogP contribution in [-0.4, -0.2) is 26.2 Å².